The Balaban J connectivity index is 2.47. The van der Waals surface area contributed by atoms with E-state index in [9.17, 15) is 0 Å². The van der Waals surface area contributed by atoms with E-state index in [-0.39, 0.29) is 0 Å². The molecule has 0 atom stereocenters. The van der Waals surface area contributed by atoms with Crippen LogP contribution in [0.5, 0.6) is 0 Å². The van der Waals surface area contributed by atoms with Crippen LogP contribution in [0.1, 0.15) is 13.3 Å². The number of aryl methyl sites for hydroxylation is 1. The molecule has 0 fully saturated rings. The van der Waals surface area contributed by atoms with Gasteiger partial charge >= 0.3 is 0 Å². The Bertz CT molecular complexity index is 345. The summed E-state index contributed by atoms with van der Waals surface area (Å²) in [6.07, 6.45) is 4.88. The molecular formula is C9H11N3. The van der Waals surface area contributed by atoms with Crippen LogP contribution in [0.15, 0.2) is 24.5 Å². The maximum atomic E-state index is 4.36. The third-order valence-corrected chi connectivity index (χ3v) is 1.78. The van der Waals surface area contributed by atoms with Crippen molar-refractivity contribution < 1.29 is 0 Å². The van der Waals surface area contributed by atoms with Gasteiger partial charge in [0.25, 0.3) is 0 Å². The first-order chi connectivity index (χ1) is 5.90. The Kier molecular flexibility index (Phi) is 1.78. The van der Waals surface area contributed by atoms with Crippen LogP contribution in [0.3, 0.4) is 0 Å². The molecule has 0 saturated heterocycles. The third-order valence-electron chi connectivity index (χ3n) is 1.78. The second kappa shape index (κ2) is 2.93. The summed E-state index contributed by atoms with van der Waals surface area (Å²) in [7, 11) is 0. The third kappa shape index (κ3) is 1.18. The topological polar surface area (TPSA) is 30.7 Å². The van der Waals surface area contributed by atoms with Crippen molar-refractivity contribution in [3.05, 3.63) is 24.5 Å². The SMILES string of the molecule is CCCn1cc2ncccc2n1. The van der Waals surface area contributed by atoms with Crippen molar-refractivity contribution in [2.75, 3.05) is 0 Å². The average molecular weight is 161 g/mol. The Morgan fingerprint density at radius 3 is 3.08 bits per heavy atom. The molecule has 2 rings (SSSR count). The van der Waals surface area contributed by atoms with Gasteiger partial charge in [-0.3, -0.25) is 9.67 Å². The monoisotopic (exact) mass is 161 g/mol. The number of rotatable bonds is 2. The second-order valence-corrected chi connectivity index (χ2v) is 2.80. The molecule has 0 bridgehead atoms. The van der Waals surface area contributed by atoms with Gasteiger partial charge in [-0.2, -0.15) is 5.10 Å². The van der Waals surface area contributed by atoms with Gasteiger partial charge in [0.1, 0.15) is 11.0 Å². The highest BCUT2D eigenvalue weighted by Crippen LogP contribution is 2.07. The van der Waals surface area contributed by atoms with E-state index in [4.69, 9.17) is 0 Å². The van der Waals surface area contributed by atoms with Crippen LogP contribution in [0.4, 0.5) is 0 Å². The lowest BCUT2D eigenvalue weighted by atomic mass is 10.4. The molecule has 0 N–H and O–H groups in total. The highest BCUT2D eigenvalue weighted by molar-refractivity contribution is 5.72. The summed E-state index contributed by atoms with van der Waals surface area (Å²) in [6, 6.07) is 3.89. The van der Waals surface area contributed by atoms with Crippen LogP contribution in [0, 0.1) is 0 Å². The van der Waals surface area contributed by atoms with Gasteiger partial charge in [-0.1, -0.05) is 6.92 Å². The lowest BCUT2D eigenvalue weighted by Gasteiger charge is -1.93. The van der Waals surface area contributed by atoms with E-state index in [2.05, 4.69) is 17.0 Å². The Morgan fingerprint density at radius 1 is 1.42 bits per heavy atom. The minimum atomic E-state index is 0.969. The maximum Gasteiger partial charge on any atom is 0.111 e. The Morgan fingerprint density at radius 2 is 2.33 bits per heavy atom. The van der Waals surface area contributed by atoms with E-state index in [0.717, 1.165) is 24.0 Å². The zero-order chi connectivity index (χ0) is 8.39. The van der Waals surface area contributed by atoms with E-state index in [0.29, 0.717) is 0 Å². The van der Waals surface area contributed by atoms with E-state index in [1.54, 1.807) is 6.20 Å². The molecule has 3 nitrogen and oxygen atoms in total. The van der Waals surface area contributed by atoms with Gasteiger partial charge in [-0.25, -0.2) is 0 Å². The minimum Gasteiger partial charge on any atom is -0.270 e. The van der Waals surface area contributed by atoms with Gasteiger partial charge < -0.3 is 0 Å². The van der Waals surface area contributed by atoms with Gasteiger partial charge in [0.2, 0.25) is 0 Å². The number of aromatic nitrogens is 3. The van der Waals surface area contributed by atoms with E-state index in [1.807, 2.05) is 23.0 Å². The number of pyridine rings is 1. The lowest BCUT2D eigenvalue weighted by Crippen LogP contribution is -1.95. The number of hydrogen-bond donors (Lipinski definition) is 0. The predicted octanol–water partition coefficient (Wildman–Crippen LogP) is 1.84. The fourth-order valence-corrected chi connectivity index (χ4v) is 1.25. The summed E-state index contributed by atoms with van der Waals surface area (Å²) in [6.45, 7) is 3.11. The smallest absolute Gasteiger partial charge is 0.111 e. The molecule has 2 aromatic rings. The normalized spacial score (nSPS) is 10.8. The van der Waals surface area contributed by atoms with Gasteiger partial charge in [0.05, 0.1) is 6.20 Å². The molecule has 2 aromatic heterocycles. The zero-order valence-corrected chi connectivity index (χ0v) is 7.07. The molecule has 12 heavy (non-hydrogen) atoms. The van der Waals surface area contributed by atoms with Crippen molar-refractivity contribution in [2.24, 2.45) is 0 Å². The van der Waals surface area contributed by atoms with Crippen molar-refractivity contribution in [1.29, 1.82) is 0 Å². The molecule has 0 saturated carbocycles. The van der Waals surface area contributed by atoms with Gasteiger partial charge in [0, 0.05) is 12.7 Å². The van der Waals surface area contributed by atoms with E-state index < -0.39 is 0 Å². The average Bonchev–Trinajstić information content (AvgIpc) is 2.47. The summed E-state index contributed by atoms with van der Waals surface area (Å²) in [5.41, 5.74) is 1.96. The van der Waals surface area contributed by atoms with Crippen molar-refractivity contribution in [3.8, 4) is 0 Å². The molecule has 2 heterocycles. The number of hydrogen-bond acceptors (Lipinski definition) is 2. The van der Waals surface area contributed by atoms with Crippen LogP contribution in [-0.2, 0) is 6.54 Å². The van der Waals surface area contributed by atoms with E-state index in [1.165, 1.54) is 0 Å². The van der Waals surface area contributed by atoms with Gasteiger partial charge in [-0.15, -0.1) is 0 Å². The fourth-order valence-electron chi connectivity index (χ4n) is 1.25. The molecule has 0 radical (unpaired) electrons. The van der Waals surface area contributed by atoms with Gasteiger partial charge in [-0.05, 0) is 18.6 Å². The Hall–Kier alpha value is -1.38. The summed E-state index contributed by atoms with van der Waals surface area (Å²) in [5.74, 6) is 0. The first-order valence-corrected chi connectivity index (χ1v) is 4.18. The van der Waals surface area contributed by atoms with Crippen molar-refractivity contribution >= 4 is 11.0 Å². The molecule has 0 aliphatic carbocycles. The second-order valence-electron chi connectivity index (χ2n) is 2.80. The van der Waals surface area contributed by atoms with Crippen molar-refractivity contribution in [2.45, 2.75) is 19.9 Å². The summed E-state index contributed by atoms with van der Waals surface area (Å²) in [4.78, 5) is 4.20. The van der Waals surface area contributed by atoms with Crippen LogP contribution >= 0.6 is 0 Å². The molecule has 62 valence electrons. The van der Waals surface area contributed by atoms with Crippen LogP contribution in [-0.4, -0.2) is 14.8 Å². The molecule has 0 aliphatic heterocycles. The van der Waals surface area contributed by atoms with Crippen LogP contribution in [0.2, 0.25) is 0 Å². The number of fused-ring (bicyclic) bond motifs is 1. The number of nitrogens with zero attached hydrogens (tertiary/aromatic N) is 3. The van der Waals surface area contributed by atoms with E-state index >= 15 is 0 Å². The first kappa shape index (κ1) is 7.28. The fraction of sp³-hybridized carbons (Fsp3) is 0.333. The maximum absolute atomic E-state index is 4.36. The molecular weight excluding hydrogens is 150 g/mol. The zero-order valence-electron chi connectivity index (χ0n) is 7.07. The molecule has 0 aromatic carbocycles. The largest absolute Gasteiger partial charge is 0.270 e. The lowest BCUT2D eigenvalue weighted by molar-refractivity contribution is 0.608. The minimum absolute atomic E-state index is 0.969. The molecule has 0 amide bonds. The predicted molar refractivity (Wildman–Crippen MR) is 47.8 cm³/mol. The molecule has 0 spiro atoms. The summed E-state index contributed by atoms with van der Waals surface area (Å²) in [5, 5.41) is 4.36. The van der Waals surface area contributed by atoms with Crippen molar-refractivity contribution in [3.63, 3.8) is 0 Å². The van der Waals surface area contributed by atoms with Crippen LogP contribution < -0.4 is 0 Å². The summed E-state index contributed by atoms with van der Waals surface area (Å²) >= 11 is 0. The standard InChI is InChI=1S/C9H11N3/c1-2-6-12-7-9-8(11-12)4-3-5-10-9/h3-5,7H,2,6H2,1H3. The Labute approximate surface area is 71.0 Å². The highest BCUT2D eigenvalue weighted by Gasteiger charge is 1.97. The molecule has 0 unspecified atom stereocenters. The molecule has 3 heteroatoms. The quantitative estimate of drug-likeness (QED) is 0.672. The summed E-state index contributed by atoms with van der Waals surface area (Å²) < 4.78 is 1.94. The first-order valence-electron chi connectivity index (χ1n) is 4.18. The molecule has 0 aliphatic rings. The highest BCUT2D eigenvalue weighted by atomic mass is 15.3. The van der Waals surface area contributed by atoms with Crippen molar-refractivity contribution in [1.82, 2.24) is 14.8 Å². The van der Waals surface area contributed by atoms with Gasteiger partial charge in [0.15, 0.2) is 0 Å². The van der Waals surface area contributed by atoms with Crippen LogP contribution in [0.25, 0.3) is 11.0 Å².